The first-order chi connectivity index (χ1) is 7.07. The van der Waals surface area contributed by atoms with E-state index in [2.05, 4.69) is 15.1 Å². The number of hydrogen-bond acceptors (Lipinski definition) is 5. The van der Waals surface area contributed by atoms with Crippen molar-refractivity contribution in [2.75, 3.05) is 0 Å². The molecule has 6 heteroatoms. The molecule has 0 saturated heterocycles. The van der Waals surface area contributed by atoms with Crippen molar-refractivity contribution in [2.45, 2.75) is 19.4 Å². The van der Waals surface area contributed by atoms with Crippen molar-refractivity contribution < 1.29 is 4.52 Å². The molecule has 0 atom stereocenters. The molecule has 0 aliphatic rings. The van der Waals surface area contributed by atoms with Crippen molar-refractivity contribution >= 4 is 12.4 Å². The minimum Gasteiger partial charge on any atom is -0.337 e. The van der Waals surface area contributed by atoms with Crippen LogP contribution in [0.2, 0.25) is 0 Å². The van der Waals surface area contributed by atoms with E-state index >= 15 is 0 Å². The highest BCUT2D eigenvalue weighted by Crippen LogP contribution is 2.19. The van der Waals surface area contributed by atoms with E-state index in [1.165, 1.54) is 0 Å². The van der Waals surface area contributed by atoms with Crippen LogP contribution in [-0.2, 0) is 5.54 Å². The van der Waals surface area contributed by atoms with Gasteiger partial charge in [-0.05, 0) is 26.0 Å². The second-order valence-electron chi connectivity index (χ2n) is 3.89. The maximum absolute atomic E-state index is 5.84. The Bertz CT molecular complexity index is 449. The summed E-state index contributed by atoms with van der Waals surface area (Å²) in [4.78, 5) is 8.19. The highest BCUT2D eigenvalue weighted by molar-refractivity contribution is 5.85. The van der Waals surface area contributed by atoms with Crippen molar-refractivity contribution in [3.8, 4) is 11.4 Å². The third-order valence-corrected chi connectivity index (χ3v) is 1.90. The first-order valence-electron chi connectivity index (χ1n) is 4.61. The summed E-state index contributed by atoms with van der Waals surface area (Å²) in [5.41, 5.74) is 6.04. The van der Waals surface area contributed by atoms with Crippen LogP contribution in [0.1, 0.15) is 19.7 Å². The zero-order valence-electron chi connectivity index (χ0n) is 9.04. The Morgan fingerprint density at radius 1 is 1.38 bits per heavy atom. The normalized spacial score (nSPS) is 10.9. The smallest absolute Gasteiger partial charge is 0.246 e. The van der Waals surface area contributed by atoms with Gasteiger partial charge in [0, 0.05) is 18.0 Å². The molecule has 2 aromatic rings. The van der Waals surface area contributed by atoms with Crippen molar-refractivity contribution in [1.29, 1.82) is 0 Å². The summed E-state index contributed by atoms with van der Waals surface area (Å²) in [7, 11) is 0. The monoisotopic (exact) mass is 240 g/mol. The van der Waals surface area contributed by atoms with Gasteiger partial charge in [0.2, 0.25) is 11.7 Å². The van der Waals surface area contributed by atoms with Gasteiger partial charge >= 0.3 is 0 Å². The van der Waals surface area contributed by atoms with Crippen LogP contribution in [0.15, 0.2) is 29.0 Å². The number of nitrogens with two attached hydrogens (primary N) is 1. The van der Waals surface area contributed by atoms with Gasteiger partial charge < -0.3 is 10.3 Å². The molecular weight excluding hydrogens is 228 g/mol. The fourth-order valence-electron chi connectivity index (χ4n) is 1.10. The van der Waals surface area contributed by atoms with E-state index in [-0.39, 0.29) is 12.4 Å². The van der Waals surface area contributed by atoms with E-state index in [0.717, 1.165) is 5.56 Å². The Morgan fingerprint density at radius 3 is 2.62 bits per heavy atom. The lowest BCUT2D eigenvalue weighted by molar-refractivity contribution is 0.312. The molecule has 0 spiro atoms. The number of aromatic nitrogens is 3. The van der Waals surface area contributed by atoms with Crippen LogP contribution in [-0.4, -0.2) is 15.1 Å². The van der Waals surface area contributed by atoms with Gasteiger partial charge in [-0.2, -0.15) is 4.98 Å². The van der Waals surface area contributed by atoms with Gasteiger partial charge in [-0.15, -0.1) is 12.4 Å². The molecule has 2 heterocycles. The summed E-state index contributed by atoms with van der Waals surface area (Å²) < 4.78 is 5.07. The zero-order chi connectivity index (χ0) is 10.9. The fraction of sp³-hybridized carbons (Fsp3) is 0.300. The molecule has 0 fully saturated rings. The Kier molecular flexibility index (Phi) is 3.62. The van der Waals surface area contributed by atoms with Gasteiger partial charge in [0.15, 0.2) is 0 Å². The van der Waals surface area contributed by atoms with Crippen molar-refractivity contribution in [3.63, 3.8) is 0 Å². The lowest BCUT2D eigenvalue weighted by Crippen LogP contribution is -2.28. The first-order valence-corrected chi connectivity index (χ1v) is 4.61. The quantitative estimate of drug-likeness (QED) is 0.865. The fourth-order valence-corrected chi connectivity index (χ4v) is 1.10. The Morgan fingerprint density at radius 2 is 2.12 bits per heavy atom. The second kappa shape index (κ2) is 4.59. The molecule has 0 aromatic carbocycles. The van der Waals surface area contributed by atoms with Gasteiger partial charge in [0.1, 0.15) is 0 Å². The number of hydrogen-bond donors (Lipinski definition) is 1. The number of pyridine rings is 1. The summed E-state index contributed by atoms with van der Waals surface area (Å²) in [6, 6.07) is 3.68. The molecule has 86 valence electrons. The molecule has 0 radical (unpaired) electrons. The van der Waals surface area contributed by atoms with Gasteiger partial charge in [-0.25, -0.2) is 0 Å². The molecule has 0 amide bonds. The Balaban J connectivity index is 0.00000128. The summed E-state index contributed by atoms with van der Waals surface area (Å²) >= 11 is 0. The molecule has 0 aliphatic heterocycles. The van der Waals surface area contributed by atoms with Gasteiger partial charge in [-0.1, -0.05) is 5.16 Å². The summed E-state index contributed by atoms with van der Waals surface area (Å²) in [5, 5.41) is 3.85. The van der Waals surface area contributed by atoms with Crippen LogP contribution in [0.3, 0.4) is 0 Å². The molecule has 0 saturated carbocycles. The van der Waals surface area contributed by atoms with E-state index in [9.17, 15) is 0 Å². The van der Waals surface area contributed by atoms with E-state index in [0.29, 0.717) is 11.7 Å². The molecule has 0 unspecified atom stereocenters. The molecular formula is C10H13ClN4O. The Hall–Kier alpha value is -1.46. The minimum absolute atomic E-state index is 0. The number of nitrogens with zero attached hydrogens (tertiary/aromatic N) is 3. The topological polar surface area (TPSA) is 77.8 Å². The van der Waals surface area contributed by atoms with Gasteiger partial charge in [-0.3, -0.25) is 4.98 Å². The van der Waals surface area contributed by atoms with E-state index in [1.54, 1.807) is 12.4 Å². The summed E-state index contributed by atoms with van der Waals surface area (Å²) in [6.45, 7) is 3.63. The Labute approximate surface area is 99.5 Å². The van der Waals surface area contributed by atoms with E-state index in [4.69, 9.17) is 10.3 Å². The van der Waals surface area contributed by atoms with Crippen molar-refractivity contribution in [2.24, 2.45) is 5.73 Å². The van der Waals surface area contributed by atoms with Crippen LogP contribution >= 0.6 is 12.4 Å². The lowest BCUT2D eigenvalue weighted by Gasteiger charge is -2.10. The molecule has 2 rings (SSSR count). The maximum Gasteiger partial charge on any atom is 0.246 e. The third kappa shape index (κ3) is 2.56. The highest BCUT2D eigenvalue weighted by atomic mass is 35.5. The van der Waals surface area contributed by atoms with Crippen LogP contribution in [0.25, 0.3) is 11.4 Å². The van der Waals surface area contributed by atoms with Gasteiger partial charge in [0.05, 0.1) is 5.54 Å². The van der Waals surface area contributed by atoms with Gasteiger partial charge in [0.25, 0.3) is 0 Å². The highest BCUT2D eigenvalue weighted by Gasteiger charge is 2.22. The maximum atomic E-state index is 5.84. The third-order valence-electron chi connectivity index (χ3n) is 1.90. The SMILES string of the molecule is CC(C)(N)c1nc(-c2cccnc2)no1.Cl. The summed E-state index contributed by atoms with van der Waals surface area (Å²) in [6.07, 6.45) is 3.37. The van der Waals surface area contributed by atoms with Crippen LogP contribution in [0.4, 0.5) is 0 Å². The van der Waals surface area contributed by atoms with Crippen LogP contribution in [0.5, 0.6) is 0 Å². The molecule has 0 bridgehead atoms. The predicted molar refractivity (Wildman–Crippen MR) is 62.0 cm³/mol. The standard InChI is InChI=1S/C10H12N4O.ClH/c1-10(2,11)9-13-8(14-15-9)7-4-3-5-12-6-7;/h3-6H,11H2,1-2H3;1H. The molecule has 2 N–H and O–H groups in total. The lowest BCUT2D eigenvalue weighted by atomic mass is 10.1. The average molecular weight is 241 g/mol. The minimum atomic E-state index is -0.618. The van der Waals surface area contributed by atoms with E-state index < -0.39 is 5.54 Å². The largest absolute Gasteiger partial charge is 0.337 e. The molecule has 0 aliphatic carbocycles. The molecule has 5 nitrogen and oxygen atoms in total. The average Bonchev–Trinajstić information content (AvgIpc) is 2.67. The van der Waals surface area contributed by atoms with Crippen molar-refractivity contribution in [1.82, 2.24) is 15.1 Å². The number of halogens is 1. The van der Waals surface area contributed by atoms with Crippen LogP contribution < -0.4 is 5.73 Å². The first kappa shape index (κ1) is 12.6. The zero-order valence-corrected chi connectivity index (χ0v) is 9.86. The van der Waals surface area contributed by atoms with E-state index in [1.807, 2.05) is 26.0 Å². The number of rotatable bonds is 2. The predicted octanol–water partition coefficient (Wildman–Crippen LogP) is 1.75. The molecule has 2 aromatic heterocycles. The second-order valence-corrected chi connectivity index (χ2v) is 3.89. The van der Waals surface area contributed by atoms with Crippen LogP contribution in [0, 0.1) is 0 Å². The van der Waals surface area contributed by atoms with Crippen molar-refractivity contribution in [3.05, 3.63) is 30.4 Å². The molecule has 16 heavy (non-hydrogen) atoms. The summed E-state index contributed by atoms with van der Waals surface area (Å²) in [5.74, 6) is 0.929.